The second-order valence-electron chi connectivity index (χ2n) is 6.02. The van der Waals surface area contributed by atoms with Gasteiger partial charge in [-0.25, -0.2) is 0 Å². The molecule has 19 heavy (non-hydrogen) atoms. The van der Waals surface area contributed by atoms with E-state index in [1.165, 1.54) is 6.08 Å². The Morgan fingerprint density at radius 1 is 1.47 bits per heavy atom. The Hall–Kier alpha value is -1.26. The second-order valence-corrected chi connectivity index (χ2v) is 6.02. The van der Waals surface area contributed by atoms with Gasteiger partial charge in [0, 0.05) is 16.9 Å². The number of rotatable bonds is 2. The summed E-state index contributed by atoms with van der Waals surface area (Å²) in [7, 11) is 0. The first kappa shape index (κ1) is 14.2. The molecule has 0 aromatic carbocycles. The zero-order chi connectivity index (χ0) is 14.4. The van der Waals surface area contributed by atoms with Crippen LogP contribution in [0.15, 0.2) is 23.8 Å². The maximum absolute atomic E-state index is 11.4. The van der Waals surface area contributed by atoms with Gasteiger partial charge in [0.05, 0.1) is 6.10 Å². The molecule has 2 aliphatic rings. The molecule has 2 aliphatic carbocycles. The van der Waals surface area contributed by atoms with E-state index in [1.807, 2.05) is 6.92 Å². The summed E-state index contributed by atoms with van der Waals surface area (Å²) in [4.78, 5) is 22.6. The quantitative estimate of drug-likeness (QED) is 0.577. The summed E-state index contributed by atoms with van der Waals surface area (Å²) >= 11 is 0. The van der Waals surface area contributed by atoms with E-state index in [4.69, 9.17) is 0 Å². The van der Waals surface area contributed by atoms with E-state index in [0.29, 0.717) is 19.0 Å². The summed E-state index contributed by atoms with van der Waals surface area (Å²) in [6, 6.07) is 0. The molecule has 0 radical (unpaired) electrons. The van der Waals surface area contributed by atoms with Crippen LogP contribution in [0.25, 0.3) is 0 Å². The lowest BCUT2D eigenvalue weighted by atomic mass is 9.50. The summed E-state index contributed by atoms with van der Waals surface area (Å²) < 4.78 is 0. The molecule has 1 fully saturated rings. The highest BCUT2D eigenvalue weighted by Gasteiger charge is 2.60. The van der Waals surface area contributed by atoms with Crippen LogP contribution >= 0.6 is 0 Å². The largest absolute Gasteiger partial charge is 0.388 e. The average Bonchev–Trinajstić information content (AvgIpc) is 2.38. The minimum absolute atomic E-state index is 0.0453. The molecule has 0 aliphatic heterocycles. The van der Waals surface area contributed by atoms with Crippen LogP contribution in [0.5, 0.6) is 0 Å². The van der Waals surface area contributed by atoms with Crippen molar-refractivity contribution in [3.05, 3.63) is 23.8 Å². The van der Waals surface area contributed by atoms with Gasteiger partial charge < -0.3 is 10.2 Å². The summed E-state index contributed by atoms with van der Waals surface area (Å²) in [6.07, 6.45) is 2.63. The third-order valence-electron chi connectivity index (χ3n) is 5.12. The molecule has 0 amide bonds. The third-order valence-corrected chi connectivity index (χ3v) is 5.12. The Balaban J connectivity index is 2.63. The van der Waals surface area contributed by atoms with Crippen molar-refractivity contribution >= 4 is 12.6 Å². The molecule has 0 unspecified atom stereocenters. The van der Waals surface area contributed by atoms with Crippen molar-refractivity contribution in [2.45, 2.75) is 38.4 Å². The number of hydrogen-bond donors (Lipinski definition) is 2. The highest BCUT2D eigenvalue weighted by Crippen LogP contribution is 2.57. The van der Waals surface area contributed by atoms with Crippen LogP contribution in [0.3, 0.4) is 0 Å². The molecule has 0 bridgehead atoms. The minimum Gasteiger partial charge on any atom is -0.388 e. The number of aldehydes is 2. The van der Waals surface area contributed by atoms with Gasteiger partial charge in [0.1, 0.15) is 6.29 Å². The lowest BCUT2D eigenvalue weighted by Gasteiger charge is -2.55. The Morgan fingerprint density at radius 2 is 2.11 bits per heavy atom. The summed E-state index contributed by atoms with van der Waals surface area (Å²) in [6.45, 7) is 7.80. The fourth-order valence-electron chi connectivity index (χ4n) is 3.67. The third kappa shape index (κ3) is 1.66. The molecule has 2 rings (SSSR count). The molecule has 1 saturated carbocycles. The van der Waals surface area contributed by atoms with Crippen molar-refractivity contribution in [3.8, 4) is 0 Å². The van der Waals surface area contributed by atoms with E-state index >= 15 is 0 Å². The van der Waals surface area contributed by atoms with Gasteiger partial charge >= 0.3 is 0 Å². The number of carbonyl (C=O) groups is 2. The molecular weight excluding hydrogens is 244 g/mol. The van der Waals surface area contributed by atoms with Crippen LogP contribution < -0.4 is 0 Å². The van der Waals surface area contributed by atoms with Crippen LogP contribution in [-0.4, -0.2) is 34.5 Å². The molecule has 2 N–H and O–H groups in total. The van der Waals surface area contributed by atoms with E-state index < -0.39 is 23.0 Å². The molecule has 0 heterocycles. The lowest BCUT2D eigenvalue weighted by molar-refractivity contribution is -0.150. The molecule has 0 aromatic rings. The monoisotopic (exact) mass is 264 g/mol. The molecule has 4 nitrogen and oxygen atoms in total. The van der Waals surface area contributed by atoms with Crippen molar-refractivity contribution in [1.29, 1.82) is 0 Å². The topological polar surface area (TPSA) is 74.6 Å². The Kier molecular flexibility index (Phi) is 3.27. The van der Waals surface area contributed by atoms with Crippen LogP contribution in [0.1, 0.15) is 26.7 Å². The fourth-order valence-corrected chi connectivity index (χ4v) is 3.67. The van der Waals surface area contributed by atoms with Gasteiger partial charge in [-0.3, -0.25) is 9.59 Å². The zero-order valence-corrected chi connectivity index (χ0v) is 11.3. The van der Waals surface area contributed by atoms with Crippen LogP contribution in [0.2, 0.25) is 0 Å². The number of aliphatic hydroxyl groups is 2. The maximum Gasteiger partial charge on any atom is 0.156 e. The van der Waals surface area contributed by atoms with Crippen molar-refractivity contribution < 1.29 is 19.8 Å². The van der Waals surface area contributed by atoms with Gasteiger partial charge in [-0.05, 0) is 24.8 Å². The number of aliphatic hydroxyl groups excluding tert-OH is 1. The number of hydrogen-bond acceptors (Lipinski definition) is 4. The molecular formula is C15H20O4. The first-order chi connectivity index (χ1) is 8.81. The molecule has 0 spiro atoms. The first-order valence-corrected chi connectivity index (χ1v) is 6.54. The van der Waals surface area contributed by atoms with Crippen LogP contribution in [0, 0.1) is 17.3 Å². The Morgan fingerprint density at radius 3 is 2.63 bits per heavy atom. The van der Waals surface area contributed by atoms with Crippen LogP contribution in [0.4, 0.5) is 0 Å². The van der Waals surface area contributed by atoms with Crippen LogP contribution in [-0.2, 0) is 9.59 Å². The zero-order valence-electron chi connectivity index (χ0n) is 11.3. The van der Waals surface area contributed by atoms with Gasteiger partial charge in [0.15, 0.2) is 11.9 Å². The number of fused-ring (bicyclic) bond motifs is 1. The predicted molar refractivity (Wildman–Crippen MR) is 70.3 cm³/mol. The molecule has 4 heteroatoms. The summed E-state index contributed by atoms with van der Waals surface area (Å²) in [5, 5.41) is 21.0. The van der Waals surface area contributed by atoms with E-state index in [-0.39, 0.29) is 11.5 Å². The van der Waals surface area contributed by atoms with E-state index in [9.17, 15) is 19.8 Å². The summed E-state index contributed by atoms with van der Waals surface area (Å²) in [5.74, 6) is -0.176. The SMILES string of the molecule is C=C1[C@@H]2[C@@H](O)C=C(C=O)[C@](O)(C=O)[C@@]2(C)CC[C@@H]1C. The lowest BCUT2D eigenvalue weighted by Crippen LogP contribution is -2.61. The maximum atomic E-state index is 11.4. The molecule has 5 atom stereocenters. The predicted octanol–water partition coefficient (Wildman–Crippen LogP) is 1.02. The van der Waals surface area contributed by atoms with Gasteiger partial charge in [-0.2, -0.15) is 0 Å². The van der Waals surface area contributed by atoms with Crippen molar-refractivity contribution in [2.24, 2.45) is 17.3 Å². The van der Waals surface area contributed by atoms with Gasteiger partial charge in [-0.1, -0.05) is 26.0 Å². The molecule has 0 saturated heterocycles. The molecule has 0 aromatic heterocycles. The standard InChI is InChI=1S/C15H20O4/c1-9-4-5-14(3)13(10(9)2)12(18)6-11(7-16)15(14,19)8-17/h6-9,12-13,18-19H,2,4-5H2,1,3H3/t9-,12-,13+,14-,15+/m0/s1. The highest BCUT2D eigenvalue weighted by molar-refractivity contribution is 5.88. The normalized spacial score (nSPS) is 46.2. The Labute approximate surface area is 112 Å². The van der Waals surface area contributed by atoms with Gasteiger partial charge in [-0.15, -0.1) is 0 Å². The van der Waals surface area contributed by atoms with Gasteiger partial charge in [0.2, 0.25) is 0 Å². The average molecular weight is 264 g/mol. The smallest absolute Gasteiger partial charge is 0.156 e. The van der Waals surface area contributed by atoms with E-state index in [2.05, 4.69) is 6.58 Å². The Bertz CT molecular complexity index is 467. The summed E-state index contributed by atoms with van der Waals surface area (Å²) in [5.41, 5.74) is -1.94. The van der Waals surface area contributed by atoms with Crippen molar-refractivity contribution in [2.75, 3.05) is 0 Å². The van der Waals surface area contributed by atoms with Gasteiger partial charge in [0.25, 0.3) is 0 Å². The molecule has 104 valence electrons. The van der Waals surface area contributed by atoms with Crippen molar-refractivity contribution in [1.82, 2.24) is 0 Å². The fraction of sp³-hybridized carbons (Fsp3) is 0.600. The number of carbonyl (C=O) groups excluding carboxylic acids is 2. The highest BCUT2D eigenvalue weighted by atomic mass is 16.3. The van der Waals surface area contributed by atoms with E-state index in [1.54, 1.807) is 6.92 Å². The minimum atomic E-state index is -1.85. The first-order valence-electron chi connectivity index (χ1n) is 6.54. The van der Waals surface area contributed by atoms with E-state index in [0.717, 1.165) is 12.0 Å². The second kappa shape index (κ2) is 4.39. The van der Waals surface area contributed by atoms with Crippen molar-refractivity contribution in [3.63, 3.8) is 0 Å².